The van der Waals surface area contributed by atoms with Gasteiger partial charge in [0.25, 0.3) is 0 Å². The molecule has 0 atom stereocenters. The quantitative estimate of drug-likeness (QED) is 0.941. The molecule has 0 unspecified atom stereocenters. The lowest BCUT2D eigenvalue weighted by Crippen LogP contribution is -2.17. The molecule has 0 amide bonds. The molecule has 20 heavy (non-hydrogen) atoms. The van der Waals surface area contributed by atoms with E-state index in [4.69, 9.17) is 5.73 Å². The van der Waals surface area contributed by atoms with E-state index in [1.807, 2.05) is 6.92 Å². The second-order valence-corrected chi connectivity index (χ2v) is 4.75. The van der Waals surface area contributed by atoms with E-state index in [-0.39, 0.29) is 5.75 Å². The van der Waals surface area contributed by atoms with Crippen LogP contribution in [-0.4, -0.2) is 16.3 Å². The summed E-state index contributed by atoms with van der Waals surface area (Å²) in [5.41, 5.74) is 7.56. The molecule has 0 radical (unpaired) electrons. The average Bonchev–Trinajstić information content (AvgIpc) is 2.77. The van der Waals surface area contributed by atoms with E-state index in [0.717, 1.165) is 11.8 Å². The van der Waals surface area contributed by atoms with Gasteiger partial charge in [0.05, 0.1) is 17.6 Å². The first-order valence-electron chi connectivity index (χ1n) is 5.45. The van der Waals surface area contributed by atoms with E-state index in [1.54, 1.807) is 11.5 Å². The van der Waals surface area contributed by atoms with Crippen LogP contribution in [0.4, 0.5) is 18.3 Å². The highest BCUT2D eigenvalue weighted by atomic mass is 32.1. The lowest BCUT2D eigenvalue weighted by atomic mass is 10.2. The molecule has 4 nitrogen and oxygen atoms in total. The van der Waals surface area contributed by atoms with Crippen molar-refractivity contribution in [3.63, 3.8) is 0 Å². The molecule has 0 fully saturated rings. The molecule has 0 bridgehead atoms. The van der Waals surface area contributed by atoms with Crippen molar-refractivity contribution in [1.29, 1.82) is 0 Å². The standard InChI is InChI=1S/C12H10F3N3OS/c1-7(10-6-20-11(16)18-10)4-8-2-3-9(5-17-8)19-12(13,14)15/h2-6H,1H3,(H2,16,18). The monoisotopic (exact) mass is 301 g/mol. The highest BCUT2D eigenvalue weighted by Crippen LogP contribution is 2.23. The van der Waals surface area contributed by atoms with Crippen LogP contribution in [0.25, 0.3) is 11.6 Å². The molecule has 0 saturated carbocycles. The SMILES string of the molecule is CC(=Cc1ccc(OC(F)(F)F)cn1)c1csc(N)n1. The van der Waals surface area contributed by atoms with Crippen molar-refractivity contribution in [3.05, 3.63) is 35.1 Å². The molecule has 2 heterocycles. The van der Waals surface area contributed by atoms with E-state index in [0.29, 0.717) is 16.5 Å². The number of allylic oxidation sites excluding steroid dienone is 1. The maximum atomic E-state index is 12.0. The molecule has 2 aromatic rings. The number of ether oxygens (including phenoxy) is 1. The molecule has 0 aliphatic rings. The Morgan fingerprint density at radius 1 is 1.40 bits per heavy atom. The fourth-order valence-electron chi connectivity index (χ4n) is 1.44. The van der Waals surface area contributed by atoms with Gasteiger partial charge in [-0.25, -0.2) is 4.98 Å². The van der Waals surface area contributed by atoms with Gasteiger partial charge in [-0.05, 0) is 30.7 Å². The Morgan fingerprint density at radius 2 is 2.15 bits per heavy atom. The Bertz CT molecular complexity index is 620. The lowest BCUT2D eigenvalue weighted by Gasteiger charge is -2.08. The van der Waals surface area contributed by atoms with Crippen LogP contribution in [0.1, 0.15) is 18.3 Å². The van der Waals surface area contributed by atoms with Gasteiger partial charge in [0.15, 0.2) is 5.13 Å². The third-order valence-corrected chi connectivity index (χ3v) is 2.96. The summed E-state index contributed by atoms with van der Waals surface area (Å²) in [5, 5.41) is 2.25. The second kappa shape index (κ2) is 5.49. The van der Waals surface area contributed by atoms with E-state index in [1.165, 1.54) is 23.5 Å². The van der Waals surface area contributed by atoms with Crippen LogP contribution in [0.3, 0.4) is 0 Å². The first-order chi connectivity index (χ1) is 9.33. The summed E-state index contributed by atoms with van der Waals surface area (Å²) in [6, 6.07) is 2.63. The van der Waals surface area contributed by atoms with Gasteiger partial charge in [0.1, 0.15) is 5.75 Å². The molecule has 2 aromatic heterocycles. The summed E-state index contributed by atoms with van der Waals surface area (Å²) in [7, 11) is 0. The van der Waals surface area contributed by atoms with E-state index >= 15 is 0 Å². The minimum atomic E-state index is -4.72. The molecule has 0 saturated heterocycles. The van der Waals surface area contributed by atoms with E-state index in [2.05, 4.69) is 14.7 Å². The molecule has 0 aromatic carbocycles. The van der Waals surface area contributed by atoms with Crippen LogP contribution < -0.4 is 10.5 Å². The number of thiazole rings is 1. The van der Waals surface area contributed by atoms with Crippen LogP contribution in [0.15, 0.2) is 23.7 Å². The highest BCUT2D eigenvalue weighted by Gasteiger charge is 2.31. The number of aromatic nitrogens is 2. The van der Waals surface area contributed by atoms with Crippen molar-refractivity contribution in [1.82, 2.24) is 9.97 Å². The number of nitrogens with zero attached hydrogens (tertiary/aromatic N) is 2. The van der Waals surface area contributed by atoms with Crippen molar-refractivity contribution < 1.29 is 17.9 Å². The predicted octanol–water partition coefficient (Wildman–Crippen LogP) is 3.58. The fraction of sp³-hybridized carbons (Fsp3) is 0.167. The zero-order valence-corrected chi connectivity index (χ0v) is 11.1. The van der Waals surface area contributed by atoms with Crippen LogP contribution in [0.5, 0.6) is 5.75 Å². The molecule has 2 N–H and O–H groups in total. The Kier molecular flexibility index (Phi) is 3.93. The van der Waals surface area contributed by atoms with E-state index in [9.17, 15) is 13.2 Å². The van der Waals surface area contributed by atoms with Crippen molar-refractivity contribution in [3.8, 4) is 5.75 Å². The number of halogens is 3. The number of rotatable bonds is 3. The highest BCUT2D eigenvalue weighted by molar-refractivity contribution is 7.13. The van der Waals surface area contributed by atoms with Gasteiger partial charge < -0.3 is 10.5 Å². The number of alkyl halides is 3. The number of nitrogen functional groups attached to an aromatic ring is 1. The molecule has 0 aliphatic carbocycles. The zero-order valence-electron chi connectivity index (χ0n) is 10.3. The number of hydrogen-bond acceptors (Lipinski definition) is 5. The molecule has 2 rings (SSSR count). The lowest BCUT2D eigenvalue weighted by molar-refractivity contribution is -0.274. The number of nitrogens with two attached hydrogens (primary N) is 1. The molecule has 0 aliphatic heterocycles. The zero-order chi connectivity index (χ0) is 14.8. The fourth-order valence-corrected chi connectivity index (χ4v) is 2.06. The largest absolute Gasteiger partial charge is 0.573 e. The smallest absolute Gasteiger partial charge is 0.404 e. The van der Waals surface area contributed by atoms with Crippen molar-refractivity contribution in [2.45, 2.75) is 13.3 Å². The Morgan fingerprint density at radius 3 is 2.65 bits per heavy atom. The molecular weight excluding hydrogens is 291 g/mol. The van der Waals surface area contributed by atoms with Gasteiger partial charge in [-0.15, -0.1) is 24.5 Å². The number of anilines is 1. The summed E-state index contributed by atoms with van der Waals surface area (Å²) in [6.07, 6.45) is -2.00. The Balaban J connectivity index is 2.14. The molecular formula is C12H10F3N3OS. The topological polar surface area (TPSA) is 61.0 Å². The summed E-state index contributed by atoms with van der Waals surface area (Å²) in [5.74, 6) is -0.356. The predicted molar refractivity (Wildman–Crippen MR) is 71.0 cm³/mol. The average molecular weight is 301 g/mol. The van der Waals surface area contributed by atoms with Gasteiger partial charge in [0.2, 0.25) is 0 Å². The molecule has 8 heteroatoms. The van der Waals surface area contributed by atoms with Gasteiger partial charge >= 0.3 is 6.36 Å². The third kappa shape index (κ3) is 3.95. The van der Waals surface area contributed by atoms with Crippen molar-refractivity contribution in [2.24, 2.45) is 0 Å². The van der Waals surface area contributed by atoms with Crippen LogP contribution >= 0.6 is 11.3 Å². The second-order valence-electron chi connectivity index (χ2n) is 3.86. The summed E-state index contributed by atoms with van der Waals surface area (Å²) >= 11 is 1.31. The minimum absolute atomic E-state index is 0.356. The van der Waals surface area contributed by atoms with Crippen LogP contribution in [0, 0.1) is 0 Å². The molecule has 106 valence electrons. The van der Waals surface area contributed by atoms with E-state index < -0.39 is 6.36 Å². The first-order valence-corrected chi connectivity index (χ1v) is 6.33. The van der Waals surface area contributed by atoms with Gasteiger partial charge in [-0.2, -0.15) is 0 Å². The van der Waals surface area contributed by atoms with Crippen LogP contribution in [0.2, 0.25) is 0 Å². The Hall–Kier alpha value is -2.09. The summed E-state index contributed by atoms with van der Waals surface area (Å²) < 4.78 is 39.7. The summed E-state index contributed by atoms with van der Waals surface area (Å²) in [4.78, 5) is 7.98. The van der Waals surface area contributed by atoms with Gasteiger partial charge in [0, 0.05) is 5.38 Å². The van der Waals surface area contributed by atoms with Crippen molar-refractivity contribution in [2.75, 3.05) is 5.73 Å². The maximum absolute atomic E-state index is 12.0. The minimum Gasteiger partial charge on any atom is -0.404 e. The van der Waals surface area contributed by atoms with Crippen LogP contribution in [-0.2, 0) is 0 Å². The normalized spacial score (nSPS) is 12.5. The third-order valence-electron chi connectivity index (χ3n) is 2.28. The van der Waals surface area contributed by atoms with Crippen molar-refractivity contribution >= 4 is 28.1 Å². The maximum Gasteiger partial charge on any atom is 0.573 e. The number of hydrogen-bond donors (Lipinski definition) is 1. The van der Waals surface area contributed by atoms with Gasteiger partial charge in [-0.3, -0.25) is 4.98 Å². The Labute approximate surface area is 116 Å². The molecule has 0 spiro atoms. The first kappa shape index (κ1) is 14.3. The summed E-state index contributed by atoms with van der Waals surface area (Å²) in [6.45, 7) is 1.82. The van der Waals surface area contributed by atoms with Gasteiger partial charge in [-0.1, -0.05) is 0 Å². The number of pyridine rings is 1.